The van der Waals surface area contributed by atoms with Crippen molar-refractivity contribution in [2.24, 2.45) is 0 Å². The van der Waals surface area contributed by atoms with E-state index >= 15 is 0 Å². The largest absolute Gasteiger partial charge is 0.389 e. The van der Waals surface area contributed by atoms with Crippen LogP contribution in [0.1, 0.15) is 0 Å². The third-order valence-electron chi connectivity index (χ3n) is 4.14. The minimum atomic E-state index is -3.68. The monoisotopic (exact) mass is 413 g/mol. The van der Waals surface area contributed by atoms with Crippen LogP contribution in [0, 0.1) is 10.1 Å². The van der Waals surface area contributed by atoms with Crippen molar-refractivity contribution in [3.8, 4) is 0 Å². The summed E-state index contributed by atoms with van der Waals surface area (Å²) in [6.07, 6.45) is 1.36. The number of rotatable bonds is 5. The van der Waals surface area contributed by atoms with Gasteiger partial charge in [0.2, 0.25) is 15.9 Å². The van der Waals surface area contributed by atoms with E-state index in [0.29, 0.717) is 5.02 Å². The molecule has 10 nitrogen and oxygen atoms in total. The lowest BCUT2D eigenvalue weighted by Crippen LogP contribution is -2.51. The number of aromatic nitrogens is 2. The highest BCUT2D eigenvalue weighted by atomic mass is 35.5. The predicted molar refractivity (Wildman–Crippen MR) is 95.7 cm³/mol. The van der Waals surface area contributed by atoms with Crippen molar-refractivity contribution < 1.29 is 18.1 Å². The zero-order chi connectivity index (χ0) is 19.6. The number of amides is 1. The Morgan fingerprint density at radius 3 is 2.52 bits per heavy atom. The number of hydrogen-bond acceptors (Lipinski definition) is 6. The van der Waals surface area contributed by atoms with Gasteiger partial charge < -0.3 is 15.0 Å². The standard InChI is InChI=1S/C15H16ClN5O5S/c16-12-2-1-3-13(10-12)27(25,26)20-8-6-18(7-9-20)15(22)11-19-5-4-14(17-19)21(23)24/h1-5,10H,6-9,11H2. The van der Waals surface area contributed by atoms with E-state index in [1.54, 1.807) is 12.1 Å². The fourth-order valence-corrected chi connectivity index (χ4v) is 4.45. The lowest BCUT2D eigenvalue weighted by molar-refractivity contribution is -0.389. The van der Waals surface area contributed by atoms with Gasteiger partial charge in [-0.2, -0.15) is 8.99 Å². The molecule has 0 radical (unpaired) electrons. The number of carbonyl (C=O) groups excluding carboxylic acids is 1. The van der Waals surface area contributed by atoms with Gasteiger partial charge in [-0.1, -0.05) is 17.7 Å². The molecule has 3 rings (SSSR count). The first kappa shape index (κ1) is 19.3. The molecule has 0 saturated carbocycles. The SMILES string of the molecule is O=C(Cn1ccc([N+](=O)[O-])n1)N1CCN(S(=O)(=O)c2cccc(Cl)c2)CC1. The molecule has 2 aromatic rings. The first-order valence-electron chi connectivity index (χ1n) is 7.99. The molecule has 12 heteroatoms. The van der Waals surface area contributed by atoms with Crippen LogP contribution >= 0.6 is 11.6 Å². The Morgan fingerprint density at radius 1 is 1.22 bits per heavy atom. The van der Waals surface area contributed by atoms with Crippen molar-refractivity contribution in [1.82, 2.24) is 19.0 Å². The first-order chi connectivity index (χ1) is 12.8. The lowest BCUT2D eigenvalue weighted by atomic mass is 10.3. The summed E-state index contributed by atoms with van der Waals surface area (Å²) in [6, 6.07) is 7.24. The minimum absolute atomic E-state index is 0.110. The van der Waals surface area contributed by atoms with Gasteiger partial charge in [0.25, 0.3) is 0 Å². The maximum atomic E-state index is 12.7. The first-order valence-corrected chi connectivity index (χ1v) is 9.80. The van der Waals surface area contributed by atoms with Crippen LogP contribution in [-0.2, 0) is 21.4 Å². The number of nitro groups is 1. The van der Waals surface area contributed by atoms with Crippen molar-refractivity contribution in [3.05, 3.63) is 51.7 Å². The van der Waals surface area contributed by atoms with Crippen LogP contribution in [0.25, 0.3) is 0 Å². The van der Waals surface area contributed by atoms with Crippen molar-refractivity contribution >= 4 is 33.3 Å². The number of halogens is 1. The fourth-order valence-electron chi connectivity index (χ4n) is 2.73. The number of carbonyl (C=O) groups is 1. The Bertz CT molecular complexity index is 968. The van der Waals surface area contributed by atoms with Crippen LogP contribution < -0.4 is 0 Å². The predicted octanol–water partition coefficient (Wildman–Crippen LogP) is 0.978. The molecule has 1 aromatic carbocycles. The van der Waals surface area contributed by atoms with E-state index in [4.69, 9.17) is 11.6 Å². The van der Waals surface area contributed by atoms with Crippen LogP contribution in [-0.4, -0.2) is 64.4 Å². The second-order valence-corrected chi connectivity index (χ2v) is 8.25. The lowest BCUT2D eigenvalue weighted by Gasteiger charge is -2.33. The van der Waals surface area contributed by atoms with Gasteiger partial charge in [-0.15, -0.1) is 0 Å². The second kappa shape index (κ2) is 7.62. The van der Waals surface area contributed by atoms with Gasteiger partial charge >= 0.3 is 5.82 Å². The van der Waals surface area contributed by atoms with E-state index in [2.05, 4.69) is 5.10 Å². The molecule has 1 fully saturated rings. The molecule has 1 aliphatic heterocycles. The van der Waals surface area contributed by atoms with Gasteiger partial charge in [0.05, 0.1) is 22.3 Å². The smallest absolute Gasteiger partial charge is 0.358 e. The molecule has 0 atom stereocenters. The third kappa shape index (κ3) is 4.26. The summed E-state index contributed by atoms with van der Waals surface area (Å²) in [7, 11) is -3.68. The number of piperazine rings is 1. The van der Waals surface area contributed by atoms with Crippen molar-refractivity contribution in [3.63, 3.8) is 0 Å². The van der Waals surface area contributed by atoms with Gasteiger partial charge in [0.1, 0.15) is 6.54 Å². The molecule has 0 unspecified atom stereocenters. The molecular weight excluding hydrogens is 398 g/mol. The Hall–Kier alpha value is -2.50. The molecule has 27 heavy (non-hydrogen) atoms. The van der Waals surface area contributed by atoms with Gasteiger partial charge in [-0.3, -0.25) is 4.79 Å². The molecule has 144 valence electrons. The fraction of sp³-hybridized carbons (Fsp3) is 0.333. The summed E-state index contributed by atoms with van der Waals surface area (Å²) in [5, 5.41) is 14.7. The molecule has 0 spiro atoms. The van der Waals surface area contributed by atoms with Gasteiger partial charge in [-0.25, -0.2) is 8.42 Å². The highest BCUT2D eigenvalue weighted by Gasteiger charge is 2.30. The van der Waals surface area contributed by atoms with E-state index in [1.165, 1.54) is 38.3 Å². The summed E-state index contributed by atoms with van der Waals surface area (Å²) >= 11 is 5.87. The number of hydrogen-bond donors (Lipinski definition) is 0. The molecule has 1 aliphatic rings. The van der Waals surface area contributed by atoms with Gasteiger partial charge in [0, 0.05) is 31.2 Å². The van der Waals surface area contributed by atoms with Crippen LogP contribution in [0.2, 0.25) is 5.02 Å². The average Bonchev–Trinajstić information content (AvgIpc) is 3.10. The zero-order valence-corrected chi connectivity index (χ0v) is 15.6. The molecular formula is C15H16ClN5O5S. The number of nitrogens with zero attached hydrogens (tertiary/aromatic N) is 5. The van der Waals surface area contributed by atoms with E-state index in [-0.39, 0.29) is 49.3 Å². The molecule has 1 amide bonds. The highest BCUT2D eigenvalue weighted by Crippen LogP contribution is 2.21. The van der Waals surface area contributed by atoms with Gasteiger partial charge in [0.15, 0.2) is 0 Å². The molecule has 1 aromatic heterocycles. The summed E-state index contributed by atoms with van der Waals surface area (Å²) < 4.78 is 27.8. The quantitative estimate of drug-likeness (QED) is 0.532. The van der Waals surface area contributed by atoms with Crippen LogP contribution in [0.3, 0.4) is 0 Å². The third-order valence-corrected chi connectivity index (χ3v) is 6.27. The minimum Gasteiger partial charge on any atom is -0.358 e. The Morgan fingerprint density at radius 2 is 1.93 bits per heavy atom. The maximum absolute atomic E-state index is 12.7. The van der Waals surface area contributed by atoms with Crippen molar-refractivity contribution in [2.45, 2.75) is 11.4 Å². The zero-order valence-electron chi connectivity index (χ0n) is 14.1. The Labute approximate surface area is 160 Å². The van der Waals surface area contributed by atoms with Gasteiger partial charge in [-0.05, 0) is 23.1 Å². The summed E-state index contributed by atoms with van der Waals surface area (Å²) in [6.45, 7) is 0.610. The maximum Gasteiger partial charge on any atom is 0.389 e. The van der Waals surface area contributed by atoms with E-state index in [0.717, 1.165) is 0 Å². The molecule has 0 bridgehead atoms. The number of sulfonamides is 1. The molecule has 0 N–H and O–H groups in total. The summed E-state index contributed by atoms with van der Waals surface area (Å²) in [5.74, 6) is -0.618. The van der Waals surface area contributed by atoms with Crippen LogP contribution in [0.15, 0.2) is 41.4 Å². The van der Waals surface area contributed by atoms with E-state index in [1.807, 2.05) is 0 Å². The topological polar surface area (TPSA) is 119 Å². The summed E-state index contributed by atoms with van der Waals surface area (Å²) in [5.41, 5.74) is 0. The van der Waals surface area contributed by atoms with E-state index < -0.39 is 14.9 Å². The molecule has 2 heterocycles. The average molecular weight is 414 g/mol. The van der Waals surface area contributed by atoms with Crippen molar-refractivity contribution in [1.29, 1.82) is 0 Å². The Balaban J connectivity index is 1.61. The normalized spacial score (nSPS) is 15.7. The Kier molecular flexibility index (Phi) is 5.44. The van der Waals surface area contributed by atoms with Crippen LogP contribution in [0.5, 0.6) is 0 Å². The van der Waals surface area contributed by atoms with E-state index in [9.17, 15) is 23.3 Å². The molecule has 0 aliphatic carbocycles. The van der Waals surface area contributed by atoms with Crippen LogP contribution in [0.4, 0.5) is 5.82 Å². The molecule has 1 saturated heterocycles. The second-order valence-electron chi connectivity index (χ2n) is 5.87. The number of benzene rings is 1. The van der Waals surface area contributed by atoms with Crippen molar-refractivity contribution in [2.75, 3.05) is 26.2 Å². The highest BCUT2D eigenvalue weighted by molar-refractivity contribution is 7.89. The summed E-state index contributed by atoms with van der Waals surface area (Å²) in [4.78, 5) is 23.9.